The Labute approximate surface area is 223 Å². The molecule has 2 aliphatic heterocycles. The van der Waals surface area contributed by atoms with E-state index in [4.69, 9.17) is 9.57 Å². The molecular weight excluding hydrogens is 520 g/mol. The molecule has 1 fully saturated rings. The van der Waals surface area contributed by atoms with E-state index < -0.39 is 67.4 Å². The number of amides is 4. The zero-order valence-electron chi connectivity index (χ0n) is 23.0. The monoisotopic (exact) mass is 558 g/mol. The summed E-state index contributed by atoms with van der Waals surface area (Å²) in [5, 5.41) is -1.86. The van der Waals surface area contributed by atoms with E-state index in [2.05, 4.69) is 0 Å². The molecule has 214 valence electrons. The third kappa shape index (κ3) is 6.32. The van der Waals surface area contributed by atoms with Gasteiger partial charge in [-0.15, -0.1) is 5.06 Å². The first-order chi connectivity index (χ1) is 17.3. The van der Waals surface area contributed by atoms with Crippen LogP contribution in [0.1, 0.15) is 80.6 Å². The highest BCUT2D eigenvalue weighted by atomic mass is 32.2. The molecule has 0 aromatic heterocycles. The van der Waals surface area contributed by atoms with Crippen LogP contribution < -0.4 is 0 Å². The van der Waals surface area contributed by atoms with Crippen molar-refractivity contribution in [1.82, 2.24) is 9.96 Å². The molecule has 13 heteroatoms. The Morgan fingerprint density at radius 1 is 1.00 bits per heavy atom. The normalized spacial score (nSPS) is 18.9. The first-order valence-electron chi connectivity index (χ1n) is 12.6. The number of hydroxylamine groups is 2. The number of hydrogen-bond donors (Lipinski definition) is 1. The fourth-order valence-corrected chi connectivity index (χ4v) is 7.02. The highest BCUT2D eigenvalue weighted by Gasteiger charge is 2.54. The lowest BCUT2D eigenvalue weighted by Gasteiger charge is -2.50. The second-order valence-corrected chi connectivity index (χ2v) is 12.7. The number of ether oxygens (including phenoxy) is 1. The minimum atomic E-state index is -5.03. The first-order valence-corrected chi connectivity index (χ1v) is 14.1. The summed E-state index contributed by atoms with van der Waals surface area (Å²) in [4.78, 5) is 66.8. The fourth-order valence-electron chi connectivity index (χ4n) is 5.84. The fraction of sp³-hybridized carbons (Fsp3) is 0.720. The van der Waals surface area contributed by atoms with Gasteiger partial charge in [0.1, 0.15) is 0 Å². The minimum Gasteiger partial charge on any atom is -0.372 e. The van der Waals surface area contributed by atoms with Crippen molar-refractivity contribution in [3.8, 4) is 0 Å². The Morgan fingerprint density at radius 2 is 1.47 bits per heavy atom. The molecule has 0 spiro atoms. The highest BCUT2D eigenvalue weighted by Crippen LogP contribution is 2.49. The molecule has 2 aliphatic rings. The van der Waals surface area contributed by atoms with Crippen LogP contribution in [0.25, 0.3) is 0 Å². The summed E-state index contributed by atoms with van der Waals surface area (Å²) in [6.07, 6.45) is 3.01. The van der Waals surface area contributed by atoms with Crippen LogP contribution in [-0.4, -0.2) is 76.0 Å². The summed E-state index contributed by atoms with van der Waals surface area (Å²) in [5.41, 5.74) is -3.15. The topological polar surface area (TPSA) is 165 Å². The van der Waals surface area contributed by atoms with Gasteiger partial charge in [0, 0.05) is 25.0 Å². The molecule has 0 saturated carbocycles. The van der Waals surface area contributed by atoms with Crippen LogP contribution in [0.15, 0.2) is 12.2 Å². The number of carbonyl (C=O) groups is 5. The quantitative estimate of drug-likeness (QED) is 0.262. The summed E-state index contributed by atoms with van der Waals surface area (Å²) in [6, 6.07) is -0.567. The molecule has 0 radical (unpaired) electrons. The highest BCUT2D eigenvalue weighted by molar-refractivity contribution is 7.87. The second-order valence-electron chi connectivity index (χ2n) is 11.2. The van der Waals surface area contributed by atoms with Gasteiger partial charge in [0.25, 0.3) is 33.7 Å². The van der Waals surface area contributed by atoms with Gasteiger partial charge in [-0.05, 0) is 37.0 Å². The lowest BCUT2D eigenvalue weighted by atomic mass is 9.63. The van der Waals surface area contributed by atoms with E-state index in [0.717, 1.165) is 4.90 Å². The molecular formula is C25H38N2O10S. The summed E-state index contributed by atoms with van der Waals surface area (Å²) < 4.78 is 41.2. The van der Waals surface area contributed by atoms with E-state index in [1.54, 1.807) is 6.92 Å². The zero-order valence-corrected chi connectivity index (χ0v) is 23.8. The molecule has 1 N–H and O–H groups in total. The molecule has 0 bridgehead atoms. The predicted octanol–water partition coefficient (Wildman–Crippen LogP) is 2.18. The van der Waals surface area contributed by atoms with Crippen LogP contribution in [0.4, 0.5) is 0 Å². The maximum atomic E-state index is 13.0. The third-order valence-corrected chi connectivity index (χ3v) is 8.99. The van der Waals surface area contributed by atoms with Gasteiger partial charge >= 0.3 is 5.97 Å². The lowest BCUT2D eigenvalue weighted by Crippen LogP contribution is -2.54. The summed E-state index contributed by atoms with van der Waals surface area (Å²) in [6.45, 7) is 12.1. The van der Waals surface area contributed by atoms with Crippen LogP contribution in [0.5, 0.6) is 0 Å². The van der Waals surface area contributed by atoms with Crippen molar-refractivity contribution in [2.75, 3.05) is 6.61 Å². The maximum absolute atomic E-state index is 13.0. The largest absolute Gasteiger partial charge is 0.372 e. The van der Waals surface area contributed by atoms with Crippen molar-refractivity contribution < 1.29 is 46.5 Å². The van der Waals surface area contributed by atoms with Crippen molar-refractivity contribution in [3.05, 3.63) is 12.2 Å². The molecule has 0 aliphatic carbocycles. The standard InChI is InChI=1S/C25H38N2O10S/c1-8-25(9-2,36-14-16(3)26-17(28)10-11-18(26)29)24(6,7)15-23(4,5)21(38(33,34)35)22(32)37-27-19(30)12-13-20(27)31/h10-11,16,21H,8-9,12-15H2,1-7H3,(H,33,34,35). The maximum Gasteiger partial charge on any atom is 0.354 e. The van der Waals surface area contributed by atoms with Crippen LogP contribution in [0, 0.1) is 10.8 Å². The third-order valence-electron chi connectivity index (χ3n) is 7.57. The molecule has 12 nitrogen and oxygen atoms in total. The van der Waals surface area contributed by atoms with Gasteiger partial charge < -0.3 is 9.57 Å². The van der Waals surface area contributed by atoms with E-state index >= 15 is 0 Å². The molecule has 2 atom stereocenters. The molecule has 2 unspecified atom stereocenters. The minimum absolute atomic E-state index is 0.0215. The molecule has 2 rings (SSSR count). The number of carbonyl (C=O) groups excluding carboxylic acids is 5. The van der Waals surface area contributed by atoms with Crippen LogP contribution in [-0.2, 0) is 43.7 Å². The first kappa shape index (κ1) is 31.6. The van der Waals surface area contributed by atoms with E-state index in [0.29, 0.717) is 12.8 Å². The van der Waals surface area contributed by atoms with E-state index in [1.165, 1.54) is 26.0 Å². The van der Waals surface area contributed by atoms with Crippen molar-refractivity contribution in [2.24, 2.45) is 10.8 Å². The Bertz CT molecular complexity index is 1090. The summed E-state index contributed by atoms with van der Waals surface area (Å²) in [5.74, 6) is -3.87. The van der Waals surface area contributed by atoms with Gasteiger partial charge in [-0.25, -0.2) is 4.79 Å². The predicted molar refractivity (Wildman–Crippen MR) is 134 cm³/mol. The van der Waals surface area contributed by atoms with Gasteiger partial charge in [0.2, 0.25) is 0 Å². The number of nitrogens with zero attached hydrogens (tertiary/aromatic N) is 2. The molecule has 0 aromatic carbocycles. The van der Waals surface area contributed by atoms with Gasteiger partial charge in [-0.3, -0.25) is 28.6 Å². The molecule has 4 amide bonds. The van der Waals surface area contributed by atoms with Crippen molar-refractivity contribution in [1.29, 1.82) is 0 Å². The van der Waals surface area contributed by atoms with Gasteiger partial charge in [-0.1, -0.05) is 41.5 Å². The Morgan fingerprint density at radius 3 is 1.89 bits per heavy atom. The number of imide groups is 2. The van der Waals surface area contributed by atoms with Gasteiger partial charge in [0.15, 0.2) is 5.25 Å². The van der Waals surface area contributed by atoms with E-state index in [1.807, 2.05) is 27.7 Å². The van der Waals surface area contributed by atoms with Crippen LogP contribution in [0.2, 0.25) is 0 Å². The number of hydrogen-bond acceptors (Lipinski definition) is 9. The van der Waals surface area contributed by atoms with E-state index in [-0.39, 0.29) is 30.9 Å². The zero-order chi connectivity index (χ0) is 29.3. The van der Waals surface area contributed by atoms with Crippen LogP contribution in [0.3, 0.4) is 0 Å². The molecule has 2 heterocycles. The Hall–Kier alpha value is -2.64. The lowest BCUT2D eigenvalue weighted by molar-refractivity contribution is -0.199. The van der Waals surface area contributed by atoms with Crippen molar-refractivity contribution in [2.45, 2.75) is 97.5 Å². The molecule has 38 heavy (non-hydrogen) atoms. The summed E-state index contributed by atoms with van der Waals surface area (Å²) >= 11 is 0. The van der Waals surface area contributed by atoms with E-state index in [9.17, 15) is 36.9 Å². The van der Waals surface area contributed by atoms with Gasteiger partial charge in [0.05, 0.1) is 18.2 Å². The second kappa shape index (κ2) is 11.2. The summed E-state index contributed by atoms with van der Waals surface area (Å²) in [7, 11) is -5.03. The number of rotatable bonds is 13. The SMILES string of the molecule is CCC(CC)(OCC(C)N1C(=O)C=CC1=O)C(C)(C)CC(C)(C)C(C(=O)ON1C(=O)CCC1=O)S(=O)(=O)O. The molecule has 0 aromatic rings. The Kier molecular flexibility index (Phi) is 9.33. The molecule has 1 saturated heterocycles. The smallest absolute Gasteiger partial charge is 0.354 e. The van der Waals surface area contributed by atoms with Crippen LogP contribution >= 0.6 is 0 Å². The van der Waals surface area contributed by atoms with Crippen molar-refractivity contribution >= 4 is 39.7 Å². The van der Waals surface area contributed by atoms with Gasteiger partial charge in [-0.2, -0.15) is 8.42 Å². The average Bonchev–Trinajstić information content (AvgIpc) is 3.27. The average molecular weight is 559 g/mol. The Balaban J connectivity index is 2.31. The van der Waals surface area contributed by atoms with Crippen molar-refractivity contribution in [3.63, 3.8) is 0 Å².